The molecule has 0 aliphatic carbocycles. The lowest BCUT2D eigenvalue weighted by molar-refractivity contribution is 0.0730. The van der Waals surface area contributed by atoms with E-state index in [1.807, 2.05) is 37.4 Å². The van der Waals surface area contributed by atoms with E-state index in [0.717, 1.165) is 10.5 Å². The smallest absolute Gasteiger partial charge is 0.268 e. The number of carbonyl (C=O) groups is 1. The van der Waals surface area contributed by atoms with Crippen LogP contribution in [0.25, 0.3) is 0 Å². The highest BCUT2D eigenvalue weighted by atomic mass is 32.2. The average Bonchev–Trinajstić information content (AvgIpc) is 3.20. The second-order valence-electron chi connectivity index (χ2n) is 6.23. The Morgan fingerprint density at radius 2 is 1.93 bits per heavy atom. The Bertz CT molecular complexity index is 888. The maximum Gasteiger partial charge on any atom is 0.268 e. The number of carbonyl (C=O) groups excluding carboxylic acids is 1. The quantitative estimate of drug-likeness (QED) is 0.714. The van der Waals surface area contributed by atoms with Crippen LogP contribution in [0.15, 0.2) is 46.3 Å². The summed E-state index contributed by atoms with van der Waals surface area (Å²) >= 11 is 1.66. The van der Waals surface area contributed by atoms with Crippen molar-refractivity contribution in [3.63, 3.8) is 0 Å². The lowest BCUT2D eigenvalue weighted by Crippen LogP contribution is -2.40. The van der Waals surface area contributed by atoms with Crippen molar-refractivity contribution in [2.24, 2.45) is 0 Å². The van der Waals surface area contributed by atoms with Gasteiger partial charge in [0.25, 0.3) is 5.91 Å². The Hall–Kier alpha value is -1.81. The Balaban J connectivity index is 1.68. The van der Waals surface area contributed by atoms with Crippen molar-refractivity contribution in [1.82, 2.24) is 14.6 Å². The number of aromatic nitrogens is 1. The van der Waals surface area contributed by atoms with Crippen molar-refractivity contribution in [2.45, 2.75) is 22.8 Å². The lowest BCUT2D eigenvalue weighted by atomic mass is 10.1. The van der Waals surface area contributed by atoms with E-state index in [-0.39, 0.29) is 22.5 Å². The predicted octanol–water partition coefficient (Wildman–Crippen LogP) is 2.25. The molecule has 0 radical (unpaired) electrons. The molecule has 1 aromatic heterocycles. The summed E-state index contributed by atoms with van der Waals surface area (Å²) in [5.74, 6) is -0.347. The first-order valence-electron chi connectivity index (χ1n) is 8.63. The van der Waals surface area contributed by atoms with Gasteiger partial charge in [-0.2, -0.15) is 4.31 Å². The SMILES string of the molecule is CSc1ccc(C(C)NC(=O)c2cc(S(=O)(=O)N3CCOCC3)c[nH]2)cc1. The largest absolute Gasteiger partial charge is 0.379 e. The van der Waals surface area contributed by atoms with Gasteiger partial charge in [0.1, 0.15) is 10.6 Å². The van der Waals surface area contributed by atoms with Gasteiger partial charge in [-0.25, -0.2) is 8.42 Å². The predicted molar refractivity (Wildman–Crippen MR) is 104 cm³/mol. The maximum absolute atomic E-state index is 12.6. The molecule has 1 fully saturated rings. The molecule has 0 spiro atoms. The van der Waals surface area contributed by atoms with Crippen LogP contribution in [0, 0.1) is 0 Å². The highest BCUT2D eigenvalue weighted by molar-refractivity contribution is 7.98. The summed E-state index contributed by atoms with van der Waals surface area (Å²) in [6.45, 7) is 3.28. The highest BCUT2D eigenvalue weighted by Crippen LogP contribution is 2.21. The Morgan fingerprint density at radius 3 is 2.56 bits per heavy atom. The average molecular weight is 410 g/mol. The number of sulfonamides is 1. The van der Waals surface area contributed by atoms with Crippen molar-refractivity contribution < 1.29 is 17.9 Å². The fraction of sp³-hybridized carbons (Fsp3) is 0.389. The molecule has 1 amide bonds. The first-order valence-corrected chi connectivity index (χ1v) is 11.3. The molecule has 146 valence electrons. The zero-order chi connectivity index (χ0) is 19.4. The molecule has 7 nitrogen and oxygen atoms in total. The number of nitrogens with one attached hydrogen (secondary N) is 2. The van der Waals surface area contributed by atoms with E-state index >= 15 is 0 Å². The van der Waals surface area contributed by atoms with Crippen LogP contribution in [0.3, 0.4) is 0 Å². The van der Waals surface area contributed by atoms with Crippen LogP contribution in [0.1, 0.15) is 29.0 Å². The van der Waals surface area contributed by atoms with Gasteiger partial charge in [-0.3, -0.25) is 4.79 Å². The standard InChI is InChI=1S/C18H23N3O4S2/c1-13(14-3-5-15(26-2)6-4-14)20-18(22)17-11-16(12-19-17)27(23,24)21-7-9-25-10-8-21/h3-6,11-13,19H,7-10H2,1-2H3,(H,20,22). The van der Waals surface area contributed by atoms with Crippen LogP contribution in [-0.2, 0) is 14.8 Å². The lowest BCUT2D eigenvalue weighted by Gasteiger charge is -2.25. The molecule has 1 unspecified atom stereocenters. The van der Waals surface area contributed by atoms with Crippen LogP contribution in [0.4, 0.5) is 0 Å². The van der Waals surface area contributed by atoms with Crippen molar-refractivity contribution in [3.8, 4) is 0 Å². The minimum atomic E-state index is -3.62. The van der Waals surface area contributed by atoms with Gasteiger partial charge in [-0.05, 0) is 36.9 Å². The van der Waals surface area contributed by atoms with E-state index < -0.39 is 10.0 Å². The molecule has 2 heterocycles. The van der Waals surface area contributed by atoms with Gasteiger partial charge in [0.2, 0.25) is 10.0 Å². The molecule has 1 atom stereocenters. The molecule has 9 heteroatoms. The number of thioether (sulfide) groups is 1. The van der Waals surface area contributed by atoms with Crippen molar-refractivity contribution in [2.75, 3.05) is 32.6 Å². The van der Waals surface area contributed by atoms with Gasteiger partial charge in [0.15, 0.2) is 0 Å². The summed E-state index contributed by atoms with van der Waals surface area (Å²) in [5, 5.41) is 2.89. The number of nitrogens with zero attached hydrogens (tertiary/aromatic N) is 1. The van der Waals surface area contributed by atoms with Crippen molar-refractivity contribution in [3.05, 3.63) is 47.8 Å². The van der Waals surface area contributed by atoms with Gasteiger partial charge < -0.3 is 15.0 Å². The molecule has 2 aromatic rings. The van der Waals surface area contributed by atoms with Crippen molar-refractivity contribution >= 4 is 27.7 Å². The third-order valence-corrected chi connectivity index (χ3v) is 7.09. The van der Waals surface area contributed by atoms with E-state index in [1.165, 1.54) is 16.6 Å². The molecule has 0 bridgehead atoms. The van der Waals surface area contributed by atoms with Crippen LogP contribution >= 0.6 is 11.8 Å². The third-order valence-electron chi connectivity index (χ3n) is 4.47. The number of benzene rings is 1. The molecule has 1 saturated heterocycles. The fourth-order valence-corrected chi connectivity index (χ4v) is 4.65. The number of rotatable bonds is 6. The van der Waals surface area contributed by atoms with Crippen LogP contribution in [0.2, 0.25) is 0 Å². The number of ether oxygens (including phenoxy) is 1. The second-order valence-corrected chi connectivity index (χ2v) is 9.05. The van der Waals surface area contributed by atoms with Gasteiger partial charge in [-0.1, -0.05) is 12.1 Å². The number of amides is 1. The normalized spacial score (nSPS) is 16.8. The van der Waals surface area contributed by atoms with Gasteiger partial charge in [0.05, 0.1) is 19.3 Å². The summed E-state index contributed by atoms with van der Waals surface area (Å²) in [6, 6.07) is 9.13. The molecular weight excluding hydrogens is 386 g/mol. The van der Waals surface area contributed by atoms with Gasteiger partial charge in [-0.15, -0.1) is 11.8 Å². The van der Waals surface area contributed by atoms with Gasteiger partial charge in [0, 0.05) is 24.2 Å². The summed E-state index contributed by atoms with van der Waals surface area (Å²) in [4.78, 5) is 16.5. The topological polar surface area (TPSA) is 91.5 Å². The fourth-order valence-electron chi connectivity index (χ4n) is 2.84. The van der Waals surface area contributed by atoms with E-state index in [4.69, 9.17) is 4.74 Å². The Morgan fingerprint density at radius 1 is 1.26 bits per heavy atom. The van der Waals surface area contributed by atoms with Crippen molar-refractivity contribution in [1.29, 1.82) is 0 Å². The highest BCUT2D eigenvalue weighted by Gasteiger charge is 2.28. The van der Waals surface area contributed by atoms with Crippen LogP contribution < -0.4 is 5.32 Å². The zero-order valence-corrected chi connectivity index (χ0v) is 16.9. The first kappa shape index (κ1) is 19.9. The van der Waals surface area contributed by atoms with E-state index in [9.17, 15) is 13.2 Å². The van der Waals surface area contributed by atoms with E-state index in [2.05, 4.69) is 10.3 Å². The number of morpholine rings is 1. The van der Waals surface area contributed by atoms with Crippen LogP contribution in [-0.4, -0.2) is 56.2 Å². The van der Waals surface area contributed by atoms with E-state index in [1.54, 1.807) is 11.8 Å². The van der Waals surface area contributed by atoms with Crippen LogP contribution in [0.5, 0.6) is 0 Å². The third kappa shape index (κ3) is 4.55. The number of H-pyrrole nitrogens is 1. The zero-order valence-electron chi connectivity index (χ0n) is 15.3. The molecule has 1 aliphatic heterocycles. The molecule has 0 saturated carbocycles. The maximum atomic E-state index is 12.6. The number of hydrogen-bond donors (Lipinski definition) is 2. The molecule has 27 heavy (non-hydrogen) atoms. The number of aromatic amines is 1. The minimum Gasteiger partial charge on any atom is -0.379 e. The Labute approximate surface area is 163 Å². The molecule has 1 aromatic carbocycles. The first-order chi connectivity index (χ1) is 12.9. The summed E-state index contributed by atoms with van der Waals surface area (Å²) in [5.41, 5.74) is 1.20. The second kappa shape index (κ2) is 8.47. The number of hydrogen-bond acceptors (Lipinski definition) is 5. The summed E-state index contributed by atoms with van der Waals surface area (Å²) in [7, 11) is -3.62. The minimum absolute atomic E-state index is 0.0894. The van der Waals surface area contributed by atoms with E-state index in [0.29, 0.717) is 26.3 Å². The molecular formula is C18H23N3O4S2. The Kier molecular flexibility index (Phi) is 6.25. The summed E-state index contributed by atoms with van der Waals surface area (Å²) < 4.78 is 31.9. The van der Waals surface area contributed by atoms with Gasteiger partial charge >= 0.3 is 0 Å². The molecule has 1 aliphatic rings. The summed E-state index contributed by atoms with van der Waals surface area (Å²) in [6.07, 6.45) is 3.37. The molecule has 2 N–H and O–H groups in total. The molecule has 3 rings (SSSR count). The monoisotopic (exact) mass is 409 g/mol.